The number of rotatable bonds is 2. The summed E-state index contributed by atoms with van der Waals surface area (Å²) in [6.45, 7) is 1.61. The quantitative estimate of drug-likeness (QED) is 0.838. The van der Waals surface area contributed by atoms with Gasteiger partial charge in [-0.2, -0.15) is 0 Å². The zero-order valence-corrected chi connectivity index (χ0v) is 9.95. The summed E-state index contributed by atoms with van der Waals surface area (Å²) in [6.07, 6.45) is 2.02. The highest BCUT2D eigenvalue weighted by atomic mass is 35.5. The third-order valence-corrected chi connectivity index (χ3v) is 3.03. The molecule has 1 heterocycles. The van der Waals surface area contributed by atoms with Crippen LogP contribution in [0.1, 0.15) is 24.4 Å². The Kier molecular flexibility index (Phi) is 5.06. The van der Waals surface area contributed by atoms with E-state index in [1.807, 2.05) is 12.1 Å². The smallest absolute Gasteiger partial charge is 0.115 e. The highest BCUT2D eigenvalue weighted by molar-refractivity contribution is 5.85. The summed E-state index contributed by atoms with van der Waals surface area (Å²) in [6, 6.07) is 7.24. The maximum absolute atomic E-state index is 9.38. The van der Waals surface area contributed by atoms with Gasteiger partial charge >= 0.3 is 0 Å². The summed E-state index contributed by atoms with van der Waals surface area (Å²) in [5.74, 6) is 0.760. The molecule has 1 aromatic rings. The third kappa shape index (κ3) is 3.11. The molecule has 0 bridgehead atoms. The molecule has 1 atom stereocenters. The van der Waals surface area contributed by atoms with Crippen LogP contribution in [0.4, 0.5) is 0 Å². The van der Waals surface area contributed by atoms with Gasteiger partial charge in [-0.15, -0.1) is 12.4 Å². The van der Waals surface area contributed by atoms with Crippen molar-refractivity contribution in [3.05, 3.63) is 29.8 Å². The summed E-state index contributed by atoms with van der Waals surface area (Å²) in [5, 5.41) is 9.38. The summed E-state index contributed by atoms with van der Waals surface area (Å²) in [4.78, 5) is 0. The maximum Gasteiger partial charge on any atom is 0.115 e. The Morgan fingerprint density at radius 2 is 2.00 bits per heavy atom. The number of aromatic hydroxyl groups is 1. The average Bonchev–Trinajstić information content (AvgIpc) is 2.29. The molecule has 4 heteroatoms. The molecule has 0 aromatic heterocycles. The van der Waals surface area contributed by atoms with Crippen molar-refractivity contribution in [1.82, 2.24) is 0 Å². The molecule has 0 amide bonds. The Morgan fingerprint density at radius 3 is 2.62 bits per heavy atom. The van der Waals surface area contributed by atoms with Gasteiger partial charge in [0.05, 0.1) is 0 Å². The topological polar surface area (TPSA) is 55.5 Å². The predicted molar refractivity (Wildman–Crippen MR) is 65.8 cm³/mol. The van der Waals surface area contributed by atoms with Crippen LogP contribution < -0.4 is 5.73 Å². The van der Waals surface area contributed by atoms with Crippen LogP contribution in [0.15, 0.2) is 24.3 Å². The van der Waals surface area contributed by atoms with Crippen LogP contribution in [-0.2, 0) is 4.74 Å². The van der Waals surface area contributed by atoms with Crippen molar-refractivity contribution in [1.29, 1.82) is 0 Å². The third-order valence-electron chi connectivity index (χ3n) is 3.03. The van der Waals surface area contributed by atoms with Gasteiger partial charge in [-0.3, -0.25) is 0 Å². The second kappa shape index (κ2) is 6.09. The molecule has 2 rings (SSSR count). The van der Waals surface area contributed by atoms with Crippen molar-refractivity contribution >= 4 is 12.4 Å². The van der Waals surface area contributed by atoms with Crippen LogP contribution >= 0.6 is 12.4 Å². The largest absolute Gasteiger partial charge is 0.508 e. The van der Waals surface area contributed by atoms with E-state index in [0.717, 1.165) is 31.6 Å². The molecule has 0 spiro atoms. The van der Waals surface area contributed by atoms with Crippen molar-refractivity contribution in [3.63, 3.8) is 0 Å². The Labute approximate surface area is 102 Å². The van der Waals surface area contributed by atoms with E-state index in [9.17, 15) is 5.11 Å². The van der Waals surface area contributed by atoms with Gasteiger partial charge in [0.15, 0.2) is 0 Å². The van der Waals surface area contributed by atoms with Crippen LogP contribution in [-0.4, -0.2) is 18.3 Å². The Balaban J connectivity index is 0.00000128. The van der Waals surface area contributed by atoms with Crippen LogP contribution in [0.3, 0.4) is 0 Å². The van der Waals surface area contributed by atoms with E-state index in [0.29, 0.717) is 5.92 Å². The van der Waals surface area contributed by atoms with Gasteiger partial charge in [0.2, 0.25) is 0 Å². The fourth-order valence-electron chi connectivity index (χ4n) is 2.08. The molecule has 0 aliphatic carbocycles. The van der Waals surface area contributed by atoms with Gasteiger partial charge in [0.1, 0.15) is 5.75 Å². The number of phenols is 1. The average molecular weight is 244 g/mol. The number of hydrogen-bond acceptors (Lipinski definition) is 3. The van der Waals surface area contributed by atoms with E-state index in [4.69, 9.17) is 10.5 Å². The molecule has 90 valence electrons. The molecule has 1 fully saturated rings. The van der Waals surface area contributed by atoms with Crippen molar-refractivity contribution in [2.24, 2.45) is 11.7 Å². The van der Waals surface area contributed by atoms with E-state index in [2.05, 4.69) is 0 Å². The van der Waals surface area contributed by atoms with Gasteiger partial charge in [-0.1, -0.05) is 12.1 Å². The second-order valence-electron chi connectivity index (χ2n) is 4.07. The molecule has 0 radical (unpaired) electrons. The van der Waals surface area contributed by atoms with E-state index < -0.39 is 0 Å². The van der Waals surface area contributed by atoms with Crippen LogP contribution in [0.25, 0.3) is 0 Å². The first-order valence-electron chi connectivity index (χ1n) is 5.39. The fourth-order valence-corrected chi connectivity index (χ4v) is 2.08. The number of halogens is 1. The molecular formula is C12H18ClNO2. The molecule has 1 saturated heterocycles. The minimum Gasteiger partial charge on any atom is -0.508 e. The van der Waals surface area contributed by atoms with Gasteiger partial charge in [0.25, 0.3) is 0 Å². The van der Waals surface area contributed by atoms with Crippen LogP contribution in [0, 0.1) is 5.92 Å². The molecule has 0 unspecified atom stereocenters. The summed E-state index contributed by atoms with van der Waals surface area (Å²) < 4.78 is 5.30. The zero-order chi connectivity index (χ0) is 10.7. The lowest BCUT2D eigenvalue weighted by molar-refractivity contribution is 0.0583. The maximum atomic E-state index is 9.38. The Morgan fingerprint density at radius 1 is 1.31 bits per heavy atom. The lowest BCUT2D eigenvalue weighted by atomic mass is 9.88. The normalized spacial score (nSPS) is 18.8. The minimum absolute atomic E-state index is 0. The first-order valence-corrected chi connectivity index (χ1v) is 5.39. The fraction of sp³-hybridized carbons (Fsp3) is 0.500. The molecule has 1 aromatic carbocycles. The number of hydrogen-bond donors (Lipinski definition) is 2. The number of benzene rings is 1. The lowest BCUT2D eigenvalue weighted by Gasteiger charge is -2.27. The van der Waals surface area contributed by atoms with E-state index in [1.165, 1.54) is 0 Å². The van der Waals surface area contributed by atoms with E-state index >= 15 is 0 Å². The van der Waals surface area contributed by atoms with Crippen LogP contribution in [0.2, 0.25) is 0 Å². The molecular weight excluding hydrogens is 226 g/mol. The monoisotopic (exact) mass is 243 g/mol. The molecule has 3 nitrogen and oxygen atoms in total. The van der Waals surface area contributed by atoms with Gasteiger partial charge in [-0.05, 0) is 36.5 Å². The predicted octanol–water partition coefficient (Wildman–Crippen LogP) is 2.24. The Hall–Kier alpha value is -0.770. The standard InChI is InChI=1S/C12H17NO2.ClH/c13-12(9-4-6-15-7-5-9)10-2-1-3-11(14)8-10;/h1-3,8-9,12,14H,4-7,13H2;1H/t12-;/m1./s1. The molecule has 0 saturated carbocycles. The molecule has 3 N–H and O–H groups in total. The van der Waals surface area contributed by atoms with E-state index in [1.54, 1.807) is 12.1 Å². The lowest BCUT2D eigenvalue weighted by Crippen LogP contribution is -2.27. The number of ether oxygens (including phenoxy) is 1. The molecule has 1 aliphatic rings. The minimum atomic E-state index is 0. The first-order chi connectivity index (χ1) is 7.27. The highest BCUT2D eigenvalue weighted by Crippen LogP contribution is 2.29. The zero-order valence-electron chi connectivity index (χ0n) is 9.13. The first kappa shape index (κ1) is 13.3. The highest BCUT2D eigenvalue weighted by Gasteiger charge is 2.22. The van der Waals surface area contributed by atoms with Crippen molar-refractivity contribution in [3.8, 4) is 5.75 Å². The molecule has 16 heavy (non-hydrogen) atoms. The van der Waals surface area contributed by atoms with Crippen molar-refractivity contribution in [2.45, 2.75) is 18.9 Å². The number of nitrogens with two attached hydrogens (primary N) is 1. The SMILES string of the molecule is Cl.N[C@@H](c1cccc(O)c1)C1CCOCC1. The van der Waals surface area contributed by atoms with Gasteiger partial charge in [0, 0.05) is 19.3 Å². The van der Waals surface area contributed by atoms with Crippen molar-refractivity contribution < 1.29 is 9.84 Å². The van der Waals surface area contributed by atoms with Gasteiger partial charge < -0.3 is 15.6 Å². The van der Waals surface area contributed by atoms with Crippen LogP contribution in [0.5, 0.6) is 5.75 Å². The van der Waals surface area contributed by atoms with Gasteiger partial charge in [-0.25, -0.2) is 0 Å². The number of phenolic OH excluding ortho intramolecular Hbond substituents is 1. The Bertz CT molecular complexity index is 327. The summed E-state index contributed by atoms with van der Waals surface area (Å²) in [5.41, 5.74) is 7.19. The molecule has 1 aliphatic heterocycles. The van der Waals surface area contributed by atoms with Crippen molar-refractivity contribution in [2.75, 3.05) is 13.2 Å². The summed E-state index contributed by atoms with van der Waals surface area (Å²) in [7, 11) is 0. The van der Waals surface area contributed by atoms with E-state index in [-0.39, 0.29) is 24.2 Å². The summed E-state index contributed by atoms with van der Waals surface area (Å²) >= 11 is 0. The second-order valence-corrected chi connectivity index (χ2v) is 4.07.